The minimum absolute atomic E-state index is 0.0169. The molecule has 2 aliphatic rings. The highest BCUT2D eigenvalue weighted by Crippen LogP contribution is 2.48. The number of fused-ring (bicyclic) bond motifs is 2. The number of rotatable bonds is 4. The summed E-state index contributed by atoms with van der Waals surface area (Å²) < 4.78 is 0. The number of nitro groups is 1. The molecular formula is C17H21N3O3. The fraction of sp³-hybridized carbons (Fsp3) is 0.529. The summed E-state index contributed by atoms with van der Waals surface area (Å²) in [4.78, 5) is 22.5. The van der Waals surface area contributed by atoms with Crippen molar-refractivity contribution in [3.63, 3.8) is 0 Å². The molecule has 0 spiro atoms. The van der Waals surface area contributed by atoms with Gasteiger partial charge in [0.15, 0.2) is 0 Å². The zero-order valence-electron chi connectivity index (χ0n) is 13.4. The Hall–Kier alpha value is -2.24. The largest absolute Gasteiger partial charge is 0.272 e. The van der Waals surface area contributed by atoms with Crippen LogP contribution in [0, 0.1) is 34.8 Å². The van der Waals surface area contributed by atoms with Crippen molar-refractivity contribution in [2.24, 2.45) is 22.9 Å². The van der Waals surface area contributed by atoms with Gasteiger partial charge in [-0.05, 0) is 57.1 Å². The zero-order chi connectivity index (χ0) is 16.6. The van der Waals surface area contributed by atoms with E-state index in [1.54, 1.807) is 6.92 Å². The summed E-state index contributed by atoms with van der Waals surface area (Å²) in [5.74, 6) is 1.73. The van der Waals surface area contributed by atoms with E-state index in [2.05, 4.69) is 10.5 Å². The van der Waals surface area contributed by atoms with Crippen LogP contribution in [0.1, 0.15) is 48.5 Å². The van der Waals surface area contributed by atoms with E-state index in [4.69, 9.17) is 0 Å². The molecule has 3 unspecified atom stereocenters. The van der Waals surface area contributed by atoms with E-state index in [0.717, 1.165) is 17.5 Å². The number of amides is 1. The normalized spacial score (nSPS) is 26.3. The van der Waals surface area contributed by atoms with Gasteiger partial charge < -0.3 is 0 Å². The van der Waals surface area contributed by atoms with Crippen molar-refractivity contribution < 1.29 is 9.72 Å². The zero-order valence-corrected chi connectivity index (χ0v) is 13.4. The number of nitrogens with zero attached hydrogens (tertiary/aromatic N) is 2. The van der Waals surface area contributed by atoms with Gasteiger partial charge in [-0.25, -0.2) is 5.43 Å². The van der Waals surface area contributed by atoms with Crippen molar-refractivity contribution in [3.05, 3.63) is 39.4 Å². The summed E-state index contributed by atoms with van der Waals surface area (Å²) in [5.41, 5.74) is 4.45. The van der Waals surface area contributed by atoms with Crippen molar-refractivity contribution in [2.75, 3.05) is 0 Å². The quantitative estimate of drug-likeness (QED) is 0.524. The first-order valence-corrected chi connectivity index (χ1v) is 8.05. The summed E-state index contributed by atoms with van der Waals surface area (Å²) in [6.45, 7) is 3.60. The lowest BCUT2D eigenvalue weighted by Crippen LogP contribution is -2.24. The molecular weight excluding hydrogens is 294 g/mol. The maximum absolute atomic E-state index is 12.2. The van der Waals surface area contributed by atoms with E-state index in [-0.39, 0.29) is 11.6 Å². The average molecular weight is 315 g/mol. The molecule has 2 aliphatic carbocycles. The molecule has 6 heteroatoms. The Morgan fingerprint density at radius 2 is 2.13 bits per heavy atom. The maximum Gasteiger partial charge on any atom is 0.272 e. The number of nitro benzene ring substituents is 1. The molecule has 2 saturated carbocycles. The van der Waals surface area contributed by atoms with Crippen molar-refractivity contribution in [1.82, 2.24) is 5.43 Å². The summed E-state index contributed by atoms with van der Waals surface area (Å²) in [5, 5.41) is 15.1. The molecule has 0 aliphatic heterocycles. The standard InChI is InChI=1S/C17H21N3O3/c1-10-7-14(5-6-16(10)20(22)23)17(21)19-18-11(2)15-9-12-3-4-13(15)8-12/h5-7,12-13,15H,3-4,8-9H2,1-2H3,(H,19,21)/b18-11+. The van der Waals surface area contributed by atoms with E-state index in [1.165, 1.54) is 43.9 Å². The first-order valence-electron chi connectivity index (χ1n) is 8.05. The van der Waals surface area contributed by atoms with Gasteiger partial charge in [0, 0.05) is 28.8 Å². The van der Waals surface area contributed by atoms with Crippen LogP contribution in [-0.2, 0) is 0 Å². The van der Waals surface area contributed by atoms with Crippen LogP contribution in [0.4, 0.5) is 5.69 Å². The second kappa shape index (κ2) is 6.10. The summed E-state index contributed by atoms with van der Waals surface area (Å²) in [6, 6.07) is 4.34. The maximum atomic E-state index is 12.2. The second-order valence-electron chi connectivity index (χ2n) is 6.73. The second-order valence-corrected chi connectivity index (χ2v) is 6.73. The van der Waals surface area contributed by atoms with E-state index >= 15 is 0 Å². The first-order chi connectivity index (χ1) is 11.0. The van der Waals surface area contributed by atoms with Crippen LogP contribution in [0.5, 0.6) is 0 Å². The van der Waals surface area contributed by atoms with Crippen molar-refractivity contribution >= 4 is 17.3 Å². The Morgan fingerprint density at radius 1 is 1.35 bits per heavy atom. The van der Waals surface area contributed by atoms with E-state index in [1.807, 2.05) is 6.92 Å². The van der Waals surface area contributed by atoms with Crippen LogP contribution in [0.25, 0.3) is 0 Å². The number of hydrogen-bond acceptors (Lipinski definition) is 4. The van der Waals surface area contributed by atoms with Crippen LogP contribution in [-0.4, -0.2) is 16.5 Å². The van der Waals surface area contributed by atoms with Crippen LogP contribution >= 0.6 is 0 Å². The monoisotopic (exact) mass is 315 g/mol. The minimum Gasteiger partial charge on any atom is -0.267 e. The molecule has 2 fully saturated rings. The molecule has 0 aromatic heterocycles. The number of nitrogens with one attached hydrogen (secondary N) is 1. The molecule has 0 saturated heterocycles. The van der Waals surface area contributed by atoms with Gasteiger partial charge in [-0.3, -0.25) is 14.9 Å². The third kappa shape index (κ3) is 3.11. The summed E-state index contributed by atoms with van der Waals surface area (Å²) in [6.07, 6.45) is 5.10. The smallest absolute Gasteiger partial charge is 0.267 e. The van der Waals surface area contributed by atoms with E-state index < -0.39 is 4.92 Å². The Balaban J connectivity index is 1.66. The Kier molecular flexibility index (Phi) is 4.15. The van der Waals surface area contributed by atoms with Crippen LogP contribution in [0.2, 0.25) is 0 Å². The molecule has 1 amide bonds. The number of aryl methyl sites for hydroxylation is 1. The van der Waals surface area contributed by atoms with Crippen molar-refractivity contribution in [3.8, 4) is 0 Å². The lowest BCUT2D eigenvalue weighted by Gasteiger charge is -2.21. The Morgan fingerprint density at radius 3 is 2.70 bits per heavy atom. The third-order valence-electron chi connectivity index (χ3n) is 5.26. The molecule has 122 valence electrons. The summed E-state index contributed by atoms with van der Waals surface area (Å²) >= 11 is 0. The van der Waals surface area contributed by atoms with Crippen LogP contribution < -0.4 is 5.43 Å². The van der Waals surface area contributed by atoms with Crippen molar-refractivity contribution in [2.45, 2.75) is 39.5 Å². The highest BCUT2D eigenvalue weighted by molar-refractivity contribution is 5.96. The number of carbonyl (C=O) groups excluding carboxylic acids is 1. The lowest BCUT2D eigenvalue weighted by atomic mass is 9.86. The van der Waals surface area contributed by atoms with Gasteiger partial charge in [0.05, 0.1) is 4.92 Å². The molecule has 1 aromatic carbocycles. The van der Waals surface area contributed by atoms with Crippen molar-refractivity contribution in [1.29, 1.82) is 0 Å². The van der Waals surface area contributed by atoms with Crippen LogP contribution in [0.15, 0.2) is 23.3 Å². The van der Waals surface area contributed by atoms with Gasteiger partial charge in [0.2, 0.25) is 0 Å². The number of hydrogen-bond donors (Lipinski definition) is 1. The molecule has 3 rings (SSSR count). The average Bonchev–Trinajstić information content (AvgIpc) is 3.14. The van der Waals surface area contributed by atoms with Gasteiger partial charge in [-0.2, -0.15) is 5.10 Å². The lowest BCUT2D eigenvalue weighted by molar-refractivity contribution is -0.385. The molecule has 1 aromatic rings. The topological polar surface area (TPSA) is 84.6 Å². The SMILES string of the molecule is C/C(=N\NC(=O)c1ccc([N+](=O)[O-])c(C)c1)C1CC2CCC1C2. The summed E-state index contributed by atoms with van der Waals surface area (Å²) in [7, 11) is 0. The molecule has 6 nitrogen and oxygen atoms in total. The molecule has 1 N–H and O–H groups in total. The van der Waals surface area contributed by atoms with Gasteiger partial charge in [0.25, 0.3) is 11.6 Å². The predicted octanol–water partition coefficient (Wildman–Crippen LogP) is 3.45. The fourth-order valence-corrected chi connectivity index (χ4v) is 4.04. The molecule has 3 atom stereocenters. The van der Waals surface area contributed by atoms with Gasteiger partial charge in [0.1, 0.15) is 0 Å². The van der Waals surface area contributed by atoms with E-state index in [0.29, 0.717) is 17.0 Å². The predicted molar refractivity (Wildman–Crippen MR) is 87.3 cm³/mol. The van der Waals surface area contributed by atoms with Gasteiger partial charge in [-0.1, -0.05) is 6.42 Å². The van der Waals surface area contributed by atoms with Gasteiger partial charge >= 0.3 is 0 Å². The third-order valence-corrected chi connectivity index (χ3v) is 5.26. The Bertz CT molecular complexity index is 684. The van der Waals surface area contributed by atoms with E-state index in [9.17, 15) is 14.9 Å². The first kappa shape index (κ1) is 15.6. The molecule has 2 bridgehead atoms. The Labute approximate surface area is 135 Å². The number of carbonyl (C=O) groups is 1. The highest BCUT2D eigenvalue weighted by Gasteiger charge is 2.40. The molecule has 23 heavy (non-hydrogen) atoms. The van der Waals surface area contributed by atoms with Crippen LogP contribution in [0.3, 0.4) is 0 Å². The fourth-order valence-electron chi connectivity index (χ4n) is 4.04. The minimum atomic E-state index is -0.450. The van der Waals surface area contributed by atoms with Gasteiger partial charge in [-0.15, -0.1) is 0 Å². The molecule has 0 heterocycles. The molecule has 0 radical (unpaired) electrons. The number of benzene rings is 1. The highest BCUT2D eigenvalue weighted by atomic mass is 16.6. The number of hydrazone groups is 1.